The largest absolute Gasteiger partial charge is 0.426 e. The van der Waals surface area contributed by atoms with Crippen LogP contribution in [0.3, 0.4) is 0 Å². The van der Waals surface area contributed by atoms with Gasteiger partial charge >= 0.3 is 0 Å². The maximum absolute atomic E-state index is 12.8. The highest BCUT2D eigenvalue weighted by atomic mass is 16.6. The van der Waals surface area contributed by atoms with Crippen LogP contribution in [0.2, 0.25) is 0 Å². The molecule has 4 rings (SSSR count). The lowest BCUT2D eigenvalue weighted by molar-refractivity contribution is 0.0656. The molecule has 26 heavy (non-hydrogen) atoms. The van der Waals surface area contributed by atoms with E-state index in [0.29, 0.717) is 23.9 Å². The fourth-order valence-electron chi connectivity index (χ4n) is 2.96. The first-order valence-corrected chi connectivity index (χ1v) is 8.22. The van der Waals surface area contributed by atoms with Crippen molar-refractivity contribution in [2.24, 2.45) is 0 Å². The number of ether oxygens (including phenoxy) is 1. The molecule has 1 aromatic carbocycles. The minimum atomic E-state index is -0.661. The quantitative estimate of drug-likeness (QED) is 0.767. The van der Waals surface area contributed by atoms with E-state index >= 15 is 0 Å². The SMILES string of the molecule is Cc1noc([C@H]2C[C@@H](O)CN2C(=O)c2ccc(Oc3ccccc3)o2)n1. The van der Waals surface area contributed by atoms with Crippen molar-refractivity contribution in [1.82, 2.24) is 15.0 Å². The molecule has 3 heterocycles. The Bertz CT molecular complexity index is 904. The second-order valence-electron chi connectivity index (χ2n) is 6.08. The number of aryl methyl sites for hydroxylation is 1. The lowest BCUT2D eigenvalue weighted by Gasteiger charge is -2.20. The van der Waals surface area contributed by atoms with Gasteiger partial charge in [-0.1, -0.05) is 23.4 Å². The van der Waals surface area contributed by atoms with Crippen molar-refractivity contribution in [2.45, 2.75) is 25.5 Å². The zero-order chi connectivity index (χ0) is 18.1. The molecule has 0 unspecified atom stereocenters. The standard InChI is InChI=1S/C18H17N3O5/c1-11-19-17(26-20-11)14-9-12(22)10-21(14)18(23)15-7-8-16(25-15)24-13-5-3-2-4-6-13/h2-8,12,14,22H,9-10H2,1H3/t12-,14-/m1/s1. The number of amides is 1. The van der Waals surface area contributed by atoms with Crippen LogP contribution in [-0.4, -0.2) is 38.7 Å². The van der Waals surface area contributed by atoms with Crippen LogP contribution in [0, 0.1) is 6.92 Å². The number of nitrogens with zero attached hydrogens (tertiary/aromatic N) is 3. The van der Waals surface area contributed by atoms with Crippen molar-refractivity contribution in [3.05, 3.63) is 59.9 Å². The number of benzene rings is 1. The second kappa shape index (κ2) is 6.64. The number of hydrogen-bond acceptors (Lipinski definition) is 7. The van der Waals surface area contributed by atoms with E-state index in [0.717, 1.165) is 0 Å². The summed E-state index contributed by atoms with van der Waals surface area (Å²) in [7, 11) is 0. The molecule has 134 valence electrons. The average Bonchev–Trinajstić information content (AvgIpc) is 3.35. The number of carbonyl (C=O) groups is 1. The number of aliphatic hydroxyl groups is 1. The third kappa shape index (κ3) is 3.18. The summed E-state index contributed by atoms with van der Waals surface area (Å²) in [6, 6.07) is 11.8. The Labute approximate surface area is 149 Å². The zero-order valence-electron chi connectivity index (χ0n) is 14.0. The number of hydrogen-bond donors (Lipinski definition) is 1. The van der Waals surface area contributed by atoms with Gasteiger partial charge in [0.05, 0.1) is 6.10 Å². The summed E-state index contributed by atoms with van der Waals surface area (Å²) in [5.41, 5.74) is 0. The number of β-amino-alcohol motifs (C(OH)–C–C–N with tert-alkyl or cyclic N) is 1. The molecule has 8 nitrogen and oxygen atoms in total. The Morgan fingerprint density at radius 1 is 1.27 bits per heavy atom. The van der Waals surface area contributed by atoms with Crippen LogP contribution in [0.25, 0.3) is 0 Å². The molecule has 3 aromatic rings. The Kier molecular flexibility index (Phi) is 4.18. The third-order valence-corrected chi connectivity index (χ3v) is 4.12. The van der Waals surface area contributed by atoms with Gasteiger partial charge in [-0.05, 0) is 25.1 Å². The third-order valence-electron chi connectivity index (χ3n) is 4.12. The van der Waals surface area contributed by atoms with Crippen molar-refractivity contribution >= 4 is 5.91 Å². The highest BCUT2D eigenvalue weighted by molar-refractivity contribution is 5.92. The molecule has 1 aliphatic heterocycles. The molecule has 2 atom stereocenters. The van der Waals surface area contributed by atoms with E-state index in [-0.39, 0.29) is 24.2 Å². The van der Waals surface area contributed by atoms with E-state index < -0.39 is 12.1 Å². The molecule has 1 amide bonds. The first kappa shape index (κ1) is 16.3. The maximum Gasteiger partial charge on any atom is 0.290 e. The van der Waals surface area contributed by atoms with Crippen LogP contribution in [-0.2, 0) is 0 Å². The van der Waals surface area contributed by atoms with Gasteiger partial charge in [-0.25, -0.2) is 0 Å². The minimum Gasteiger partial charge on any atom is -0.426 e. The fraction of sp³-hybridized carbons (Fsp3) is 0.278. The first-order chi connectivity index (χ1) is 12.6. The number of rotatable bonds is 4. The van der Waals surface area contributed by atoms with E-state index in [1.165, 1.54) is 4.90 Å². The first-order valence-electron chi connectivity index (χ1n) is 8.22. The summed E-state index contributed by atoms with van der Waals surface area (Å²) in [5.74, 6) is 1.35. The molecule has 8 heteroatoms. The average molecular weight is 355 g/mol. The summed E-state index contributed by atoms with van der Waals surface area (Å²) < 4.78 is 16.3. The highest BCUT2D eigenvalue weighted by Crippen LogP contribution is 2.33. The molecule has 1 aliphatic rings. The molecular formula is C18H17N3O5. The summed E-state index contributed by atoms with van der Waals surface area (Å²) >= 11 is 0. The number of aliphatic hydroxyl groups excluding tert-OH is 1. The zero-order valence-corrected chi connectivity index (χ0v) is 14.0. The van der Waals surface area contributed by atoms with E-state index in [1.54, 1.807) is 31.2 Å². The smallest absolute Gasteiger partial charge is 0.290 e. The lowest BCUT2D eigenvalue weighted by Crippen LogP contribution is -2.31. The van der Waals surface area contributed by atoms with Gasteiger partial charge in [0, 0.05) is 19.0 Å². The van der Waals surface area contributed by atoms with Gasteiger partial charge in [-0.15, -0.1) is 0 Å². The predicted molar refractivity (Wildman–Crippen MR) is 88.7 cm³/mol. The van der Waals surface area contributed by atoms with Crippen molar-refractivity contribution in [2.75, 3.05) is 6.54 Å². The summed E-state index contributed by atoms with van der Waals surface area (Å²) in [4.78, 5) is 18.5. The highest BCUT2D eigenvalue weighted by Gasteiger charge is 2.40. The predicted octanol–water partition coefficient (Wildman–Crippen LogP) is 2.71. The molecule has 0 aliphatic carbocycles. The van der Waals surface area contributed by atoms with Crippen LogP contribution >= 0.6 is 0 Å². The van der Waals surface area contributed by atoms with Crippen molar-refractivity contribution in [3.8, 4) is 11.7 Å². The van der Waals surface area contributed by atoms with E-state index in [9.17, 15) is 9.90 Å². The van der Waals surface area contributed by atoms with Gasteiger partial charge in [0.2, 0.25) is 5.89 Å². The van der Waals surface area contributed by atoms with E-state index in [2.05, 4.69) is 10.1 Å². The molecule has 0 radical (unpaired) electrons. The van der Waals surface area contributed by atoms with E-state index in [4.69, 9.17) is 13.7 Å². The van der Waals surface area contributed by atoms with E-state index in [1.807, 2.05) is 18.2 Å². The Balaban J connectivity index is 1.53. The van der Waals surface area contributed by atoms with Crippen molar-refractivity contribution < 1.29 is 23.6 Å². The van der Waals surface area contributed by atoms with Crippen LogP contribution in [0.4, 0.5) is 0 Å². The molecule has 0 saturated carbocycles. The van der Waals surface area contributed by atoms with Crippen LogP contribution < -0.4 is 4.74 Å². The molecule has 0 bridgehead atoms. The van der Waals surface area contributed by atoms with Gasteiger partial charge < -0.3 is 23.7 Å². The van der Waals surface area contributed by atoms with Crippen LogP contribution in [0.5, 0.6) is 11.7 Å². The topological polar surface area (TPSA) is 102 Å². The fourth-order valence-corrected chi connectivity index (χ4v) is 2.96. The molecule has 0 spiro atoms. The Morgan fingerprint density at radius 2 is 2.08 bits per heavy atom. The molecule has 2 aromatic heterocycles. The van der Waals surface area contributed by atoms with Gasteiger partial charge in [0.15, 0.2) is 11.6 Å². The summed E-state index contributed by atoms with van der Waals surface area (Å²) in [6.07, 6.45) is -0.326. The lowest BCUT2D eigenvalue weighted by atomic mass is 10.2. The number of para-hydroxylation sites is 1. The van der Waals surface area contributed by atoms with Crippen LogP contribution in [0.15, 0.2) is 51.4 Å². The maximum atomic E-state index is 12.8. The molecule has 1 saturated heterocycles. The molecular weight excluding hydrogens is 338 g/mol. The molecule has 1 N–H and O–H groups in total. The monoisotopic (exact) mass is 355 g/mol. The number of likely N-dealkylation sites (tertiary alicyclic amines) is 1. The van der Waals surface area contributed by atoms with Gasteiger partial charge in [0.25, 0.3) is 11.9 Å². The second-order valence-corrected chi connectivity index (χ2v) is 6.08. The van der Waals surface area contributed by atoms with Crippen molar-refractivity contribution in [3.63, 3.8) is 0 Å². The summed E-state index contributed by atoms with van der Waals surface area (Å²) in [5, 5.41) is 13.7. The number of carbonyl (C=O) groups excluding carboxylic acids is 1. The summed E-state index contributed by atoms with van der Waals surface area (Å²) in [6.45, 7) is 1.87. The number of furan rings is 1. The van der Waals surface area contributed by atoms with Gasteiger partial charge in [-0.2, -0.15) is 4.98 Å². The van der Waals surface area contributed by atoms with Crippen LogP contribution in [0.1, 0.15) is 34.7 Å². The Hall–Kier alpha value is -3.13. The Morgan fingerprint density at radius 3 is 2.81 bits per heavy atom. The van der Waals surface area contributed by atoms with Gasteiger partial charge in [0.1, 0.15) is 11.8 Å². The van der Waals surface area contributed by atoms with Gasteiger partial charge in [-0.3, -0.25) is 4.79 Å². The molecule has 1 fully saturated rings. The number of aromatic nitrogens is 2. The minimum absolute atomic E-state index is 0.117. The normalized spacial score (nSPS) is 19.7. The van der Waals surface area contributed by atoms with Crippen molar-refractivity contribution in [1.29, 1.82) is 0 Å².